The molecule has 1 aliphatic rings. The van der Waals surface area contributed by atoms with E-state index in [1.807, 2.05) is 0 Å². The van der Waals surface area contributed by atoms with Gasteiger partial charge in [0.15, 0.2) is 8.32 Å². The van der Waals surface area contributed by atoms with E-state index in [4.69, 9.17) is 13.9 Å². The van der Waals surface area contributed by atoms with Crippen LogP contribution in [0.3, 0.4) is 0 Å². The van der Waals surface area contributed by atoms with Crippen LogP contribution in [-0.2, 0) is 24.3 Å². The fourth-order valence-corrected chi connectivity index (χ4v) is 4.26. The first-order valence-electron chi connectivity index (χ1n) is 9.49. The van der Waals surface area contributed by atoms with Gasteiger partial charge in [-0.3, -0.25) is 0 Å². The Balaban J connectivity index is 2.17. The fourth-order valence-electron chi connectivity index (χ4n) is 2.97. The zero-order valence-corrected chi connectivity index (χ0v) is 18.7. The summed E-state index contributed by atoms with van der Waals surface area (Å²) in [5.41, 5.74) is -3.50. The molecule has 0 saturated heterocycles. The van der Waals surface area contributed by atoms with Crippen LogP contribution >= 0.6 is 0 Å². The van der Waals surface area contributed by atoms with Gasteiger partial charge in [-0.1, -0.05) is 57.2 Å². The Labute approximate surface area is 171 Å². The molecule has 0 heterocycles. The van der Waals surface area contributed by atoms with E-state index in [0.717, 1.165) is 7.11 Å². The van der Waals surface area contributed by atoms with Crippen molar-refractivity contribution in [2.75, 3.05) is 7.11 Å². The molecule has 3 atom stereocenters. The number of halogens is 3. The van der Waals surface area contributed by atoms with E-state index in [2.05, 4.69) is 33.9 Å². The minimum Gasteiger partial charge on any atom is -0.455 e. The number of benzene rings is 1. The number of rotatable bonds is 6. The molecule has 162 valence electrons. The third-order valence-corrected chi connectivity index (χ3v) is 10.2. The topological polar surface area (TPSA) is 44.8 Å². The maximum atomic E-state index is 14.0. The number of carbonyl (C=O) groups is 1. The van der Waals surface area contributed by atoms with Crippen molar-refractivity contribution in [1.29, 1.82) is 0 Å². The third kappa shape index (κ3) is 4.75. The monoisotopic (exact) mass is 430 g/mol. The quantitative estimate of drug-likeness (QED) is 0.347. The molecule has 1 aliphatic carbocycles. The van der Waals surface area contributed by atoms with Crippen molar-refractivity contribution < 1.29 is 31.9 Å². The Morgan fingerprint density at radius 3 is 2.07 bits per heavy atom. The Hall–Kier alpha value is -1.64. The second-order valence-corrected chi connectivity index (χ2v) is 13.5. The zero-order valence-electron chi connectivity index (χ0n) is 17.7. The molecule has 2 rings (SSSR count). The Morgan fingerprint density at radius 1 is 1.03 bits per heavy atom. The van der Waals surface area contributed by atoms with Crippen LogP contribution in [0.15, 0.2) is 42.5 Å². The predicted molar refractivity (Wildman–Crippen MR) is 107 cm³/mol. The summed E-state index contributed by atoms with van der Waals surface area (Å²) in [6.07, 6.45) is -2.48. The van der Waals surface area contributed by atoms with Crippen molar-refractivity contribution in [1.82, 2.24) is 0 Å². The van der Waals surface area contributed by atoms with Gasteiger partial charge in [0, 0.05) is 19.1 Å². The van der Waals surface area contributed by atoms with E-state index < -0.39 is 32.2 Å². The maximum Gasteiger partial charge on any atom is 0.432 e. The lowest BCUT2D eigenvalue weighted by atomic mass is 9.92. The molecule has 0 fully saturated rings. The molecule has 0 saturated carbocycles. The van der Waals surface area contributed by atoms with Crippen molar-refractivity contribution in [3.05, 3.63) is 48.0 Å². The molecule has 0 unspecified atom stereocenters. The molecule has 8 heteroatoms. The largest absolute Gasteiger partial charge is 0.455 e. The molecule has 0 radical (unpaired) electrons. The van der Waals surface area contributed by atoms with E-state index in [1.165, 1.54) is 24.3 Å². The van der Waals surface area contributed by atoms with Crippen LogP contribution in [0.5, 0.6) is 0 Å². The standard InChI is InChI=1S/C21H29F3O4Si/c1-19(2,3)29(5,6)28-17-13-12-16(14-17)27-18(25)20(26-4,21(22,23)24)15-10-8-7-9-11-15/h7-13,16-17H,14H2,1-6H3/t16-,17-,20+/m0/s1. The number of hydrogen-bond acceptors (Lipinski definition) is 4. The molecular weight excluding hydrogens is 401 g/mol. The van der Waals surface area contributed by atoms with Gasteiger partial charge in [-0.15, -0.1) is 0 Å². The Morgan fingerprint density at radius 2 is 1.59 bits per heavy atom. The molecule has 0 amide bonds. The van der Waals surface area contributed by atoms with Gasteiger partial charge in [-0.25, -0.2) is 4.79 Å². The summed E-state index contributed by atoms with van der Waals surface area (Å²) in [7, 11) is -1.21. The van der Waals surface area contributed by atoms with E-state index in [1.54, 1.807) is 18.2 Å². The third-order valence-electron chi connectivity index (χ3n) is 5.69. The molecule has 1 aromatic rings. The lowest BCUT2D eigenvalue weighted by Crippen LogP contribution is -2.52. The Kier molecular flexibility index (Phi) is 6.71. The lowest BCUT2D eigenvalue weighted by molar-refractivity contribution is -0.277. The van der Waals surface area contributed by atoms with Crippen molar-refractivity contribution in [2.24, 2.45) is 0 Å². The van der Waals surface area contributed by atoms with Crippen LogP contribution in [0.2, 0.25) is 18.1 Å². The van der Waals surface area contributed by atoms with Gasteiger partial charge in [0.2, 0.25) is 0 Å². The second-order valence-electron chi connectivity index (χ2n) is 8.73. The van der Waals surface area contributed by atoms with Crippen LogP contribution < -0.4 is 0 Å². The zero-order chi connectivity index (χ0) is 22.1. The van der Waals surface area contributed by atoms with Crippen LogP contribution in [0.1, 0.15) is 32.8 Å². The average molecular weight is 431 g/mol. The highest BCUT2D eigenvalue weighted by Crippen LogP contribution is 2.44. The van der Waals surface area contributed by atoms with Gasteiger partial charge < -0.3 is 13.9 Å². The summed E-state index contributed by atoms with van der Waals surface area (Å²) < 4.78 is 58.1. The molecule has 0 aromatic heterocycles. The first-order chi connectivity index (χ1) is 13.2. The molecule has 0 N–H and O–H groups in total. The normalized spacial score (nSPS) is 22.4. The van der Waals surface area contributed by atoms with Crippen LogP contribution in [0, 0.1) is 0 Å². The number of ether oxygens (including phenoxy) is 2. The van der Waals surface area contributed by atoms with Crippen LogP contribution in [-0.4, -0.2) is 39.8 Å². The lowest BCUT2D eigenvalue weighted by Gasteiger charge is -2.38. The first-order valence-corrected chi connectivity index (χ1v) is 12.4. The van der Waals surface area contributed by atoms with Gasteiger partial charge in [0.25, 0.3) is 5.60 Å². The molecule has 0 spiro atoms. The van der Waals surface area contributed by atoms with Crippen molar-refractivity contribution >= 4 is 14.3 Å². The van der Waals surface area contributed by atoms with Crippen LogP contribution in [0.4, 0.5) is 13.2 Å². The highest BCUT2D eigenvalue weighted by molar-refractivity contribution is 6.74. The fraction of sp³-hybridized carbons (Fsp3) is 0.571. The molecule has 4 nitrogen and oxygen atoms in total. The summed E-state index contributed by atoms with van der Waals surface area (Å²) >= 11 is 0. The molecule has 1 aromatic carbocycles. The van der Waals surface area contributed by atoms with Crippen LogP contribution in [0.25, 0.3) is 0 Å². The summed E-state index contributed by atoms with van der Waals surface area (Å²) in [5.74, 6) is -1.48. The maximum absolute atomic E-state index is 14.0. The van der Waals surface area contributed by atoms with Gasteiger partial charge >= 0.3 is 12.1 Å². The predicted octanol–water partition coefficient (Wildman–Crippen LogP) is 5.35. The van der Waals surface area contributed by atoms with Gasteiger partial charge in [-0.05, 0) is 24.2 Å². The first kappa shape index (κ1) is 23.6. The summed E-state index contributed by atoms with van der Waals surface area (Å²) in [4.78, 5) is 12.7. The van der Waals surface area contributed by atoms with Crippen molar-refractivity contribution in [3.8, 4) is 0 Å². The molecule has 0 aliphatic heterocycles. The molecule has 29 heavy (non-hydrogen) atoms. The average Bonchev–Trinajstić information content (AvgIpc) is 3.00. The Bertz CT molecular complexity index is 741. The SMILES string of the molecule is CO[C@@](C(=O)O[C@H]1C=C[C@H](O[Si](C)(C)C(C)(C)C)C1)(c1ccccc1)C(F)(F)F. The number of hydrogen-bond donors (Lipinski definition) is 0. The second kappa shape index (κ2) is 8.24. The highest BCUT2D eigenvalue weighted by atomic mass is 28.4. The van der Waals surface area contributed by atoms with E-state index in [0.29, 0.717) is 0 Å². The van der Waals surface area contributed by atoms with Gasteiger partial charge in [-0.2, -0.15) is 13.2 Å². The number of alkyl halides is 3. The van der Waals surface area contributed by atoms with Gasteiger partial charge in [0.1, 0.15) is 6.10 Å². The van der Waals surface area contributed by atoms with E-state index in [-0.39, 0.29) is 23.1 Å². The summed E-state index contributed by atoms with van der Waals surface area (Å²) in [6.45, 7) is 10.5. The van der Waals surface area contributed by atoms with Gasteiger partial charge in [0.05, 0.1) is 6.10 Å². The smallest absolute Gasteiger partial charge is 0.432 e. The summed E-state index contributed by atoms with van der Waals surface area (Å²) in [5, 5.41) is -0.00952. The van der Waals surface area contributed by atoms with E-state index >= 15 is 0 Å². The number of carbonyl (C=O) groups excluding carboxylic acids is 1. The minimum atomic E-state index is -4.99. The highest BCUT2D eigenvalue weighted by Gasteiger charge is 2.64. The number of methoxy groups -OCH3 is 1. The number of esters is 1. The van der Waals surface area contributed by atoms with Crippen molar-refractivity contribution in [3.63, 3.8) is 0 Å². The molecular formula is C21H29F3O4Si. The van der Waals surface area contributed by atoms with Crippen molar-refractivity contribution in [2.45, 2.75) is 69.3 Å². The van der Waals surface area contributed by atoms with E-state index in [9.17, 15) is 18.0 Å². The summed E-state index contributed by atoms with van der Waals surface area (Å²) in [6, 6.07) is 6.80. The minimum absolute atomic E-state index is 0.00952. The molecule has 0 bridgehead atoms.